The average Bonchev–Trinajstić information content (AvgIpc) is 2.41. The molecule has 0 bridgehead atoms. The Morgan fingerprint density at radius 1 is 1.21 bits per heavy atom. The quantitative estimate of drug-likeness (QED) is 0.776. The van der Waals surface area contributed by atoms with E-state index >= 15 is 0 Å². The van der Waals surface area contributed by atoms with Crippen molar-refractivity contribution >= 4 is 11.0 Å². The van der Waals surface area contributed by atoms with Gasteiger partial charge in [-0.2, -0.15) is 0 Å². The number of ether oxygens (including phenoxy) is 1. The van der Waals surface area contributed by atoms with E-state index in [0.29, 0.717) is 5.58 Å². The summed E-state index contributed by atoms with van der Waals surface area (Å²) in [5, 5.41) is 0.912. The van der Waals surface area contributed by atoms with Gasteiger partial charge in [-0.05, 0) is 38.1 Å². The van der Waals surface area contributed by atoms with Gasteiger partial charge in [0.15, 0.2) is 0 Å². The summed E-state index contributed by atoms with van der Waals surface area (Å²) in [5.41, 5.74) is 0.252. The number of hydrogen-bond acceptors (Lipinski definition) is 4. The summed E-state index contributed by atoms with van der Waals surface area (Å²) in [6.45, 7) is 2.13. The molecule has 2 heterocycles. The molecule has 1 aromatic carbocycles. The number of hydrogen-bond donors (Lipinski definition) is 0. The van der Waals surface area contributed by atoms with Crippen LogP contribution in [0.2, 0.25) is 0 Å². The number of likely N-dealkylation sites (tertiary alicyclic amines) is 1. The first kappa shape index (κ1) is 12.2. The van der Waals surface area contributed by atoms with Crippen LogP contribution in [-0.4, -0.2) is 31.1 Å². The molecule has 1 aromatic heterocycles. The zero-order chi connectivity index (χ0) is 13.2. The van der Waals surface area contributed by atoms with E-state index in [4.69, 9.17) is 9.15 Å². The molecule has 0 aliphatic carbocycles. The van der Waals surface area contributed by atoms with E-state index in [1.54, 1.807) is 12.1 Å². The molecule has 0 radical (unpaired) electrons. The third kappa shape index (κ3) is 2.79. The average molecular weight is 259 g/mol. The first-order valence-electron chi connectivity index (χ1n) is 6.60. The van der Waals surface area contributed by atoms with E-state index in [2.05, 4.69) is 11.9 Å². The van der Waals surface area contributed by atoms with Crippen LogP contribution in [0, 0.1) is 0 Å². The number of rotatable bonds is 2. The van der Waals surface area contributed by atoms with Crippen molar-refractivity contribution < 1.29 is 9.15 Å². The second-order valence-corrected chi connectivity index (χ2v) is 5.07. The first-order valence-corrected chi connectivity index (χ1v) is 6.60. The summed E-state index contributed by atoms with van der Waals surface area (Å²) >= 11 is 0. The monoisotopic (exact) mass is 259 g/mol. The fourth-order valence-corrected chi connectivity index (χ4v) is 2.41. The third-order valence-corrected chi connectivity index (χ3v) is 3.56. The van der Waals surface area contributed by atoms with E-state index in [1.807, 2.05) is 12.1 Å². The lowest BCUT2D eigenvalue weighted by Crippen LogP contribution is -2.35. The van der Waals surface area contributed by atoms with Crippen LogP contribution in [0.25, 0.3) is 11.0 Å². The van der Waals surface area contributed by atoms with Crippen molar-refractivity contribution in [2.45, 2.75) is 18.9 Å². The van der Waals surface area contributed by atoms with Crippen molar-refractivity contribution in [1.82, 2.24) is 4.90 Å². The number of benzene rings is 1. The fourth-order valence-electron chi connectivity index (χ4n) is 2.41. The maximum Gasteiger partial charge on any atom is 0.336 e. The number of piperidine rings is 1. The molecule has 0 unspecified atom stereocenters. The Kier molecular flexibility index (Phi) is 3.25. The maximum absolute atomic E-state index is 11.2. The molecule has 3 rings (SSSR count). The summed E-state index contributed by atoms with van der Waals surface area (Å²) < 4.78 is 11.1. The van der Waals surface area contributed by atoms with E-state index in [1.165, 1.54) is 6.07 Å². The highest BCUT2D eigenvalue weighted by Crippen LogP contribution is 2.23. The van der Waals surface area contributed by atoms with Crippen molar-refractivity contribution in [3.63, 3.8) is 0 Å². The van der Waals surface area contributed by atoms with Crippen LogP contribution < -0.4 is 10.4 Å². The largest absolute Gasteiger partial charge is 0.490 e. The van der Waals surface area contributed by atoms with Crippen LogP contribution >= 0.6 is 0 Å². The summed E-state index contributed by atoms with van der Waals surface area (Å²) in [5.74, 6) is 0.774. The van der Waals surface area contributed by atoms with Gasteiger partial charge in [-0.25, -0.2) is 4.79 Å². The van der Waals surface area contributed by atoms with Crippen molar-refractivity contribution in [2.75, 3.05) is 20.1 Å². The number of nitrogens with zero attached hydrogens (tertiary/aromatic N) is 1. The van der Waals surface area contributed by atoms with Gasteiger partial charge in [0.25, 0.3) is 0 Å². The Bertz CT molecular complexity index is 627. The Morgan fingerprint density at radius 2 is 1.95 bits per heavy atom. The summed E-state index contributed by atoms with van der Waals surface area (Å²) in [7, 11) is 2.13. The van der Waals surface area contributed by atoms with Crippen molar-refractivity contribution in [3.8, 4) is 5.75 Å². The van der Waals surface area contributed by atoms with E-state index < -0.39 is 0 Å². The van der Waals surface area contributed by atoms with Gasteiger partial charge in [0, 0.05) is 30.6 Å². The van der Waals surface area contributed by atoms with Gasteiger partial charge in [-0.3, -0.25) is 0 Å². The molecule has 100 valence electrons. The molecule has 0 saturated carbocycles. The molecule has 1 aliphatic rings. The molecular weight excluding hydrogens is 242 g/mol. The Labute approximate surface area is 111 Å². The number of fused-ring (bicyclic) bond motifs is 1. The summed E-state index contributed by atoms with van der Waals surface area (Å²) in [4.78, 5) is 13.5. The van der Waals surface area contributed by atoms with Gasteiger partial charge < -0.3 is 14.1 Å². The minimum atomic E-state index is -0.330. The van der Waals surface area contributed by atoms with E-state index in [-0.39, 0.29) is 11.7 Å². The fraction of sp³-hybridized carbons (Fsp3) is 0.400. The van der Waals surface area contributed by atoms with E-state index in [0.717, 1.165) is 37.1 Å². The standard InChI is InChI=1S/C15H17NO3/c1-16-8-6-12(7-9-16)18-13-4-2-11-3-5-15(17)19-14(11)10-13/h2-5,10,12H,6-9H2,1H3. The molecular formula is C15H17NO3. The molecule has 1 aliphatic heterocycles. The highest BCUT2D eigenvalue weighted by molar-refractivity contribution is 5.77. The van der Waals surface area contributed by atoms with Crippen LogP contribution in [0.5, 0.6) is 5.75 Å². The van der Waals surface area contributed by atoms with Crippen LogP contribution in [0.4, 0.5) is 0 Å². The van der Waals surface area contributed by atoms with Gasteiger partial charge in [-0.1, -0.05) is 0 Å². The van der Waals surface area contributed by atoms with Gasteiger partial charge >= 0.3 is 5.63 Å². The molecule has 0 N–H and O–H groups in total. The highest BCUT2D eigenvalue weighted by atomic mass is 16.5. The van der Waals surface area contributed by atoms with Crippen LogP contribution in [0.3, 0.4) is 0 Å². The predicted molar refractivity (Wildman–Crippen MR) is 73.6 cm³/mol. The zero-order valence-corrected chi connectivity index (χ0v) is 11.0. The van der Waals surface area contributed by atoms with Crippen LogP contribution in [0.15, 0.2) is 39.5 Å². The lowest BCUT2D eigenvalue weighted by Gasteiger charge is -2.29. The van der Waals surface area contributed by atoms with Crippen molar-refractivity contribution in [1.29, 1.82) is 0 Å². The van der Waals surface area contributed by atoms with Crippen LogP contribution in [-0.2, 0) is 0 Å². The SMILES string of the molecule is CN1CCC(Oc2ccc3ccc(=O)oc3c2)CC1. The molecule has 1 fully saturated rings. The van der Waals surface area contributed by atoms with Gasteiger partial charge in [0.2, 0.25) is 0 Å². The Hall–Kier alpha value is -1.81. The lowest BCUT2D eigenvalue weighted by molar-refractivity contribution is 0.114. The molecule has 4 heteroatoms. The zero-order valence-electron chi connectivity index (χ0n) is 11.0. The lowest BCUT2D eigenvalue weighted by atomic mass is 10.1. The van der Waals surface area contributed by atoms with Gasteiger partial charge in [0.05, 0.1) is 0 Å². The second-order valence-electron chi connectivity index (χ2n) is 5.07. The highest BCUT2D eigenvalue weighted by Gasteiger charge is 2.18. The van der Waals surface area contributed by atoms with Gasteiger partial charge in [0.1, 0.15) is 17.4 Å². The van der Waals surface area contributed by atoms with E-state index in [9.17, 15) is 4.79 Å². The summed E-state index contributed by atoms with van der Waals surface area (Å²) in [6.07, 6.45) is 2.32. The van der Waals surface area contributed by atoms with Crippen molar-refractivity contribution in [3.05, 3.63) is 40.8 Å². The molecule has 0 atom stereocenters. The minimum absolute atomic E-state index is 0.254. The first-order chi connectivity index (χ1) is 9.20. The predicted octanol–water partition coefficient (Wildman–Crippen LogP) is 2.27. The maximum atomic E-state index is 11.2. The van der Waals surface area contributed by atoms with Crippen LogP contribution in [0.1, 0.15) is 12.8 Å². The topological polar surface area (TPSA) is 42.7 Å². The molecule has 1 saturated heterocycles. The van der Waals surface area contributed by atoms with Gasteiger partial charge in [-0.15, -0.1) is 0 Å². The molecule has 0 spiro atoms. The minimum Gasteiger partial charge on any atom is -0.490 e. The summed E-state index contributed by atoms with van der Waals surface area (Å²) in [6, 6.07) is 8.85. The molecule has 19 heavy (non-hydrogen) atoms. The third-order valence-electron chi connectivity index (χ3n) is 3.56. The normalized spacial score (nSPS) is 17.7. The Balaban J connectivity index is 1.79. The molecule has 4 nitrogen and oxygen atoms in total. The molecule has 0 amide bonds. The second kappa shape index (κ2) is 5.05. The smallest absolute Gasteiger partial charge is 0.336 e. The Morgan fingerprint density at radius 3 is 2.74 bits per heavy atom. The van der Waals surface area contributed by atoms with Crippen molar-refractivity contribution in [2.24, 2.45) is 0 Å². The molecule has 2 aromatic rings.